The lowest BCUT2D eigenvalue weighted by molar-refractivity contribution is -0.115. The van der Waals surface area contributed by atoms with Gasteiger partial charge >= 0.3 is 0 Å². The molecule has 1 atom stereocenters. The smallest absolute Gasteiger partial charge is 0.239 e. The molecule has 4 rings (SSSR count). The molecule has 4 aromatic rings. The minimum absolute atomic E-state index is 0.172. The lowest BCUT2D eigenvalue weighted by Crippen LogP contribution is -2.22. The molecule has 0 fully saturated rings. The second kappa shape index (κ2) is 8.73. The number of benzene rings is 2. The van der Waals surface area contributed by atoms with Crippen LogP contribution in [0, 0.1) is 0 Å². The highest BCUT2D eigenvalue weighted by Crippen LogP contribution is 2.28. The van der Waals surface area contributed by atoms with Crippen molar-refractivity contribution in [2.75, 3.05) is 5.32 Å². The summed E-state index contributed by atoms with van der Waals surface area (Å²) in [6.45, 7) is 1.80. The van der Waals surface area contributed by atoms with Crippen LogP contribution in [0.15, 0.2) is 65.1 Å². The number of thiazole rings is 1. The molecule has 29 heavy (non-hydrogen) atoms. The number of rotatable bonds is 6. The predicted molar refractivity (Wildman–Crippen MR) is 116 cm³/mol. The molecule has 146 valence electrons. The van der Waals surface area contributed by atoms with Gasteiger partial charge in [-0.3, -0.25) is 4.79 Å². The third-order valence-corrected chi connectivity index (χ3v) is 6.01. The largest absolute Gasteiger partial charge is 0.301 e. The molecule has 7 nitrogen and oxygen atoms in total. The molecule has 2 heterocycles. The third-order valence-electron chi connectivity index (χ3n) is 3.97. The maximum Gasteiger partial charge on any atom is 0.239 e. The van der Waals surface area contributed by atoms with Crippen LogP contribution in [0.25, 0.3) is 16.9 Å². The molecule has 0 radical (unpaired) electrons. The van der Waals surface area contributed by atoms with Gasteiger partial charge in [-0.25, -0.2) is 4.98 Å². The number of hydrogen-bond donors (Lipinski definition) is 1. The number of para-hydroxylation sites is 1. The SMILES string of the molecule is CC(Sc1nnnn1-c1ccccc1)C(=O)Nc1nc(-c2ccc(Cl)cc2)cs1. The van der Waals surface area contributed by atoms with E-state index in [0.717, 1.165) is 16.9 Å². The van der Waals surface area contributed by atoms with E-state index in [4.69, 9.17) is 11.6 Å². The van der Waals surface area contributed by atoms with Crippen LogP contribution in [0.5, 0.6) is 0 Å². The fraction of sp³-hybridized carbons (Fsp3) is 0.105. The van der Waals surface area contributed by atoms with Gasteiger partial charge in [0.1, 0.15) is 0 Å². The van der Waals surface area contributed by atoms with E-state index in [1.165, 1.54) is 23.1 Å². The van der Waals surface area contributed by atoms with Gasteiger partial charge in [-0.1, -0.05) is 53.7 Å². The summed E-state index contributed by atoms with van der Waals surface area (Å²) in [7, 11) is 0. The Morgan fingerprint density at radius 2 is 1.93 bits per heavy atom. The molecule has 10 heteroatoms. The summed E-state index contributed by atoms with van der Waals surface area (Å²) in [5, 5.41) is 17.9. The molecule has 1 amide bonds. The number of nitrogens with one attached hydrogen (secondary N) is 1. The topological polar surface area (TPSA) is 85.6 Å². The highest BCUT2D eigenvalue weighted by molar-refractivity contribution is 8.00. The maximum atomic E-state index is 12.6. The van der Waals surface area contributed by atoms with Crippen molar-refractivity contribution in [3.8, 4) is 16.9 Å². The molecular formula is C19H15ClN6OS2. The average molecular weight is 443 g/mol. The molecule has 0 aliphatic heterocycles. The summed E-state index contributed by atoms with van der Waals surface area (Å²) >= 11 is 8.58. The van der Waals surface area contributed by atoms with E-state index in [2.05, 4.69) is 25.8 Å². The highest BCUT2D eigenvalue weighted by atomic mass is 35.5. The molecule has 0 bridgehead atoms. The van der Waals surface area contributed by atoms with Gasteiger partial charge in [0.25, 0.3) is 0 Å². The number of carbonyl (C=O) groups is 1. The maximum absolute atomic E-state index is 12.6. The second-order valence-corrected chi connectivity index (χ2v) is 8.61. The number of nitrogens with zero attached hydrogens (tertiary/aromatic N) is 5. The van der Waals surface area contributed by atoms with Gasteiger partial charge in [0.2, 0.25) is 11.1 Å². The number of halogens is 1. The molecule has 0 spiro atoms. The standard InChI is InChI=1S/C19H15ClN6OS2/c1-12(29-19-23-24-25-26(19)15-5-3-2-4-6-15)17(27)22-18-21-16(11-28-18)13-7-9-14(20)10-8-13/h2-12H,1H3,(H,21,22,27). The van der Waals surface area contributed by atoms with Crippen molar-refractivity contribution in [1.29, 1.82) is 0 Å². The van der Waals surface area contributed by atoms with Gasteiger partial charge in [-0.05, 0) is 41.6 Å². The van der Waals surface area contributed by atoms with Crippen LogP contribution in [-0.2, 0) is 4.79 Å². The van der Waals surface area contributed by atoms with Crippen molar-refractivity contribution in [3.63, 3.8) is 0 Å². The molecule has 0 aliphatic rings. The Morgan fingerprint density at radius 3 is 2.69 bits per heavy atom. The zero-order valence-electron chi connectivity index (χ0n) is 15.2. The first-order valence-electron chi connectivity index (χ1n) is 8.63. The lowest BCUT2D eigenvalue weighted by Gasteiger charge is -2.10. The molecular weight excluding hydrogens is 428 g/mol. The van der Waals surface area contributed by atoms with Crippen molar-refractivity contribution < 1.29 is 4.79 Å². The molecule has 0 aliphatic carbocycles. The number of tetrazole rings is 1. The number of amides is 1. The van der Waals surface area contributed by atoms with E-state index in [9.17, 15) is 4.79 Å². The molecule has 0 saturated heterocycles. The summed E-state index contributed by atoms with van der Waals surface area (Å²) in [5.41, 5.74) is 2.56. The second-order valence-electron chi connectivity index (χ2n) is 6.00. The van der Waals surface area contributed by atoms with Gasteiger partial charge in [-0.15, -0.1) is 16.4 Å². The predicted octanol–water partition coefficient (Wildman–Crippen LogP) is 4.56. The van der Waals surface area contributed by atoms with Gasteiger partial charge in [0, 0.05) is 16.0 Å². The van der Waals surface area contributed by atoms with E-state index in [0.29, 0.717) is 15.3 Å². The summed E-state index contributed by atoms with van der Waals surface area (Å²) in [5.74, 6) is -0.172. The van der Waals surface area contributed by atoms with Crippen molar-refractivity contribution in [2.45, 2.75) is 17.3 Å². The molecule has 2 aromatic carbocycles. The monoisotopic (exact) mass is 442 g/mol. The Bertz CT molecular complexity index is 1110. The van der Waals surface area contributed by atoms with E-state index in [1.807, 2.05) is 60.0 Å². The summed E-state index contributed by atoms with van der Waals surface area (Å²) in [6.07, 6.45) is 0. The number of thioether (sulfide) groups is 1. The van der Waals surface area contributed by atoms with Crippen molar-refractivity contribution >= 4 is 45.7 Å². The first kappa shape index (κ1) is 19.6. The van der Waals surface area contributed by atoms with Crippen molar-refractivity contribution in [3.05, 3.63) is 65.0 Å². The van der Waals surface area contributed by atoms with Crippen molar-refractivity contribution in [1.82, 2.24) is 25.2 Å². The van der Waals surface area contributed by atoms with E-state index >= 15 is 0 Å². The lowest BCUT2D eigenvalue weighted by atomic mass is 10.2. The zero-order chi connectivity index (χ0) is 20.2. The fourth-order valence-corrected chi connectivity index (χ4v) is 4.14. The van der Waals surface area contributed by atoms with Crippen LogP contribution in [0.3, 0.4) is 0 Å². The molecule has 2 aromatic heterocycles. The minimum atomic E-state index is -0.411. The Hall–Kier alpha value is -2.75. The number of carbonyl (C=O) groups excluding carboxylic acids is 1. The average Bonchev–Trinajstić information content (AvgIpc) is 3.39. The summed E-state index contributed by atoms with van der Waals surface area (Å²) in [4.78, 5) is 17.1. The quantitative estimate of drug-likeness (QED) is 0.440. The molecule has 0 saturated carbocycles. The van der Waals surface area contributed by atoms with E-state index in [1.54, 1.807) is 11.6 Å². The first-order chi connectivity index (χ1) is 14.1. The third kappa shape index (κ3) is 4.64. The Kier molecular flexibility index (Phi) is 5.89. The van der Waals surface area contributed by atoms with E-state index < -0.39 is 5.25 Å². The van der Waals surface area contributed by atoms with Crippen LogP contribution in [0.2, 0.25) is 5.02 Å². The van der Waals surface area contributed by atoms with Crippen LogP contribution in [0.4, 0.5) is 5.13 Å². The number of aromatic nitrogens is 5. The normalized spacial score (nSPS) is 11.9. The number of hydrogen-bond acceptors (Lipinski definition) is 7. The Labute approximate surface area is 180 Å². The molecule has 1 unspecified atom stereocenters. The van der Waals surface area contributed by atoms with Gasteiger partial charge < -0.3 is 5.32 Å². The fourth-order valence-electron chi connectivity index (χ4n) is 2.49. The van der Waals surface area contributed by atoms with Crippen LogP contribution >= 0.6 is 34.7 Å². The van der Waals surface area contributed by atoms with Crippen LogP contribution < -0.4 is 5.32 Å². The highest BCUT2D eigenvalue weighted by Gasteiger charge is 2.20. The van der Waals surface area contributed by atoms with Gasteiger partial charge in [0.15, 0.2) is 5.13 Å². The zero-order valence-corrected chi connectivity index (χ0v) is 17.6. The minimum Gasteiger partial charge on any atom is -0.301 e. The number of anilines is 1. The van der Waals surface area contributed by atoms with Gasteiger partial charge in [-0.2, -0.15) is 4.68 Å². The first-order valence-corrected chi connectivity index (χ1v) is 10.8. The van der Waals surface area contributed by atoms with Crippen LogP contribution in [0.1, 0.15) is 6.92 Å². The van der Waals surface area contributed by atoms with E-state index in [-0.39, 0.29) is 5.91 Å². The summed E-state index contributed by atoms with van der Waals surface area (Å²) in [6, 6.07) is 16.9. The van der Waals surface area contributed by atoms with Crippen molar-refractivity contribution in [2.24, 2.45) is 0 Å². The Balaban J connectivity index is 1.42. The van der Waals surface area contributed by atoms with Crippen LogP contribution in [-0.4, -0.2) is 36.3 Å². The Morgan fingerprint density at radius 1 is 1.17 bits per heavy atom. The molecule has 1 N–H and O–H groups in total. The van der Waals surface area contributed by atoms with Gasteiger partial charge in [0.05, 0.1) is 16.6 Å². The summed E-state index contributed by atoms with van der Waals surface area (Å²) < 4.78 is 1.61.